The van der Waals surface area contributed by atoms with Gasteiger partial charge in [0.15, 0.2) is 23.8 Å². The van der Waals surface area contributed by atoms with Crippen LogP contribution in [0, 0.1) is 6.92 Å². The summed E-state index contributed by atoms with van der Waals surface area (Å²) in [6, 6.07) is 27.3. The van der Waals surface area contributed by atoms with Crippen LogP contribution in [0.2, 0.25) is 0 Å². The van der Waals surface area contributed by atoms with Gasteiger partial charge in [0.2, 0.25) is 12.7 Å². The van der Waals surface area contributed by atoms with Crippen LogP contribution in [-0.2, 0) is 11.3 Å². The average Bonchev–Trinajstić information content (AvgIpc) is 3.55. The molecule has 1 aliphatic rings. The van der Waals surface area contributed by atoms with E-state index in [4.69, 9.17) is 24.3 Å². The molecule has 0 saturated heterocycles. The van der Waals surface area contributed by atoms with Gasteiger partial charge in [-0.2, -0.15) is 10.1 Å². The number of amides is 1. The van der Waals surface area contributed by atoms with E-state index in [1.54, 1.807) is 0 Å². The number of ether oxygens (including phenoxy) is 3. The lowest BCUT2D eigenvalue weighted by Gasteiger charge is -2.11. The summed E-state index contributed by atoms with van der Waals surface area (Å²) in [5.41, 5.74) is 5.29. The molecule has 0 saturated carbocycles. The molecule has 8 nitrogen and oxygen atoms in total. The first-order valence-corrected chi connectivity index (χ1v) is 11.9. The fourth-order valence-electron chi connectivity index (χ4n) is 4.38. The second kappa shape index (κ2) is 9.66. The number of pyridine rings is 1. The van der Waals surface area contributed by atoms with Crippen LogP contribution in [0.15, 0.2) is 84.9 Å². The third-order valence-electron chi connectivity index (χ3n) is 6.15. The Morgan fingerprint density at radius 3 is 2.54 bits per heavy atom. The molecule has 0 aliphatic carbocycles. The Hall–Kier alpha value is -4.85. The monoisotopic (exact) mass is 492 g/mol. The maximum Gasteiger partial charge on any atom is 0.258 e. The summed E-state index contributed by atoms with van der Waals surface area (Å²) in [4.78, 5) is 17.4. The molecule has 0 radical (unpaired) electrons. The van der Waals surface area contributed by atoms with Gasteiger partial charge in [-0.05, 0) is 47.9 Å². The molecule has 0 unspecified atom stereocenters. The first-order valence-electron chi connectivity index (χ1n) is 11.9. The third-order valence-corrected chi connectivity index (χ3v) is 6.15. The molecule has 0 bridgehead atoms. The molecule has 0 fully saturated rings. The van der Waals surface area contributed by atoms with E-state index in [0.29, 0.717) is 29.6 Å². The number of hydrogen-bond acceptors (Lipinski definition) is 6. The van der Waals surface area contributed by atoms with E-state index in [2.05, 4.69) is 5.32 Å². The molecule has 0 atom stereocenters. The molecule has 3 heterocycles. The SMILES string of the molecule is Cc1nn(-c2ccccc2)c2nc(OCC(=O)NCc3ccc4c(c3)OCO4)cc(-c3ccccc3)c12. The number of fused-ring (bicyclic) bond motifs is 2. The highest BCUT2D eigenvalue weighted by Gasteiger charge is 2.19. The van der Waals surface area contributed by atoms with E-state index >= 15 is 0 Å². The van der Waals surface area contributed by atoms with Crippen molar-refractivity contribution < 1.29 is 19.0 Å². The first kappa shape index (κ1) is 22.6. The molecule has 0 spiro atoms. The van der Waals surface area contributed by atoms with Gasteiger partial charge < -0.3 is 19.5 Å². The van der Waals surface area contributed by atoms with Gasteiger partial charge in [-0.15, -0.1) is 0 Å². The highest BCUT2D eigenvalue weighted by Crippen LogP contribution is 2.34. The van der Waals surface area contributed by atoms with Gasteiger partial charge in [-0.3, -0.25) is 4.79 Å². The minimum absolute atomic E-state index is 0.171. The summed E-state index contributed by atoms with van der Waals surface area (Å²) in [6.45, 7) is 2.36. The Morgan fingerprint density at radius 2 is 1.73 bits per heavy atom. The van der Waals surface area contributed by atoms with Gasteiger partial charge in [0, 0.05) is 12.6 Å². The van der Waals surface area contributed by atoms with Crippen molar-refractivity contribution in [3.63, 3.8) is 0 Å². The second-order valence-electron chi connectivity index (χ2n) is 8.66. The zero-order valence-corrected chi connectivity index (χ0v) is 20.2. The van der Waals surface area contributed by atoms with Crippen LogP contribution in [0.5, 0.6) is 17.4 Å². The van der Waals surface area contributed by atoms with Crippen molar-refractivity contribution in [1.82, 2.24) is 20.1 Å². The van der Waals surface area contributed by atoms with Gasteiger partial charge >= 0.3 is 0 Å². The molecule has 2 aromatic heterocycles. The maximum atomic E-state index is 12.6. The second-order valence-corrected chi connectivity index (χ2v) is 8.66. The highest BCUT2D eigenvalue weighted by molar-refractivity contribution is 5.96. The normalized spacial score (nSPS) is 12.0. The van der Waals surface area contributed by atoms with Gasteiger partial charge in [-0.25, -0.2) is 4.68 Å². The number of nitrogens with one attached hydrogen (secondary N) is 1. The summed E-state index contributed by atoms with van der Waals surface area (Å²) < 4.78 is 18.4. The topological polar surface area (TPSA) is 87.5 Å². The quantitative estimate of drug-likeness (QED) is 0.351. The van der Waals surface area contributed by atoms with Crippen molar-refractivity contribution in [3.05, 3.63) is 96.2 Å². The molecule has 184 valence electrons. The Bertz CT molecular complexity index is 1580. The zero-order valence-electron chi connectivity index (χ0n) is 20.2. The predicted molar refractivity (Wildman–Crippen MR) is 139 cm³/mol. The lowest BCUT2D eigenvalue weighted by molar-refractivity contribution is -0.123. The number of aromatic nitrogens is 3. The van der Waals surface area contributed by atoms with Crippen molar-refractivity contribution in [1.29, 1.82) is 0 Å². The number of para-hydroxylation sites is 1. The number of carbonyl (C=O) groups is 1. The summed E-state index contributed by atoms with van der Waals surface area (Å²) in [7, 11) is 0. The Labute approximate surface area is 213 Å². The van der Waals surface area contributed by atoms with Crippen LogP contribution in [0.4, 0.5) is 0 Å². The highest BCUT2D eigenvalue weighted by atomic mass is 16.7. The van der Waals surface area contributed by atoms with Crippen LogP contribution in [-0.4, -0.2) is 34.1 Å². The molecule has 1 amide bonds. The summed E-state index contributed by atoms with van der Waals surface area (Å²) in [5, 5.41) is 8.59. The lowest BCUT2D eigenvalue weighted by atomic mass is 10.0. The van der Waals surface area contributed by atoms with Gasteiger partial charge in [0.25, 0.3) is 5.91 Å². The van der Waals surface area contributed by atoms with Crippen molar-refractivity contribution in [2.24, 2.45) is 0 Å². The average molecular weight is 493 g/mol. The standard InChI is InChI=1S/C29H24N4O4/c1-19-28-23(21-8-4-2-5-9-21)15-27(31-29(28)33(32-19)22-10-6-3-7-11-22)35-17-26(34)30-16-20-12-13-24-25(14-20)37-18-36-24/h2-15H,16-18H2,1H3,(H,30,34). The zero-order chi connectivity index (χ0) is 25.2. The number of carbonyl (C=O) groups excluding carboxylic acids is 1. The number of aryl methyl sites for hydroxylation is 1. The lowest BCUT2D eigenvalue weighted by Crippen LogP contribution is -2.28. The van der Waals surface area contributed by atoms with Crippen molar-refractivity contribution in [2.45, 2.75) is 13.5 Å². The van der Waals surface area contributed by atoms with E-state index in [-0.39, 0.29) is 19.3 Å². The smallest absolute Gasteiger partial charge is 0.258 e. The minimum atomic E-state index is -0.256. The maximum absolute atomic E-state index is 12.6. The van der Waals surface area contributed by atoms with Crippen LogP contribution >= 0.6 is 0 Å². The van der Waals surface area contributed by atoms with Gasteiger partial charge in [-0.1, -0.05) is 54.6 Å². The van der Waals surface area contributed by atoms with Crippen LogP contribution in [0.3, 0.4) is 0 Å². The van der Waals surface area contributed by atoms with E-state index in [1.165, 1.54) is 0 Å². The molecular weight excluding hydrogens is 468 g/mol. The number of benzene rings is 3. The van der Waals surface area contributed by atoms with E-state index in [9.17, 15) is 4.79 Å². The molecule has 8 heteroatoms. The number of nitrogens with zero attached hydrogens (tertiary/aromatic N) is 3. The third kappa shape index (κ3) is 4.56. The Balaban J connectivity index is 1.26. The molecule has 5 aromatic rings. The predicted octanol–water partition coefficient (Wildman–Crippen LogP) is 4.82. The molecule has 6 rings (SSSR count). The van der Waals surface area contributed by atoms with E-state index < -0.39 is 0 Å². The molecule has 1 aliphatic heterocycles. The summed E-state index contributed by atoms with van der Waals surface area (Å²) >= 11 is 0. The summed E-state index contributed by atoms with van der Waals surface area (Å²) in [5.74, 6) is 1.48. The van der Waals surface area contributed by atoms with Crippen LogP contribution in [0.1, 0.15) is 11.3 Å². The van der Waals surface area contributed by atoms with Gasteiger partial charge in [0.05, 0.1) is 16.8 Å². The van der Waals surface area contributed by atoms with Crippen molar-refractivity contribution in [3.8, 4) is 34.2 Å². The Morgan fingerprint density at radius 1 is 0.973 bits per heavy atom. The fraction of sp³-hybridized carbons (Fsp3) is 0.138. The van der Waals surface area contributed by atoms with E-state index in [1.807, 2.05) is 96.5 Å². The first-order chi connectivity index (χ1) is 18.2. The fourth-order valence-corrected chi connectivity index (χ4v) is 4.38. The minimum Gasteiger partial charge on any atom is -0.467 e. The van der Waals surface area contributed by atoms with Crippen molar-refractivity contribution in [2.75, 3.05) is 13.4 Å². The van der Waals surface area contributed by atoms with Crippen LogP contribution < -0.4 is 19.5 Å². The largest absolute Gasteiger partial charge is 0.467 e. The molecular formula is C29H24N4O4. The molecule has 37 heavy (non-hydrogen) atoms. The Kier molecular flexibility index (Phi) is 5.90. The van der Waals surface area contributed by atoms with Gasteiger partial charge in [0.1, 0.15) is 0 Å². The van der Waals surface area contributed by atoms with E-state index in [0.717, 1.165) is 33.5 Å². The molecule has 3 aromatic carbocycles. The van der Waals surface area contributed by atoms with Crippen molar-refractivity contribution >= 4 is 16.9 Å². The summed E-state index contributed by atoms with van der Waals surface area (Å²) in [6.07, 6.45) is 0. The number of rotatable bonds is 7. The molecule has 1 N–H and O–H groups in total. The number of hydrogen-bond donors (Lipinski definition) is 1. The van der Waals surface area contributed by atoms with Crippen LogP contribution in [0.25, 0.3) is 27.8 Å².